The van der Waals surface area contributed by atoms with Crippen LogP contribution in [0.15, 0.2) is 54.6 Å². The molecule has 0 atom stereocenters. The first-order valence-corrected chi connectivity index (χ1v) is 19.7. The van der Waals surface area contributed by atoms with Crippen molar-refractivity contribution in [3.05, 3.63) is 60.2 Å². The zero-order valence-corrected chi connectivity index (χ0v) is 29.5. The predicted octanol–water partition coefficient (Wildman–Crippen LogP) is 15.6. The molecule has 0 N–H and O–H groups in total. The summed E-state index contributed by atoms with van der Waals surface area (Å²) < 4.78 is 0. The minimum atomic E-state index is 0.773. The second kappa shape index (κ2) is 33.6. The number of allylic oxidation sites excluding steroid dienone is 4. The molecule has 0 aromatic heterocycles. The van der Waals surface area contributed by atoms with Crippen molar-refractivity contribution in [2.24, 2.45) is 0 Å². The van der Waals surface area contributed by atoms with Gasteiger partial charge in [-0.15, -0.1) is 0 Å². The van der Waals surface area contributed by atoms with Crippen LogP contribution in [0.2, 0.25) is 0 Å². The minimum absolute atomic E-state index is 0.773. The van der Waals surface area contributed by atoms with Crippen LogP contribution in [-0.2, 0) is 0 Å². The number of hydrogen-bond donors (Lipinski definition) is 0. The second-order valence-corrected chi connectivity index (χ2v) is 13.6. The molecule has 0 aliphatic rings. The zero-order valence-electron chi connectivity index (χ0n) is 29.5. The topological polar surface area (TPSA) is 0 Å². The third-order valence-corrected chi connectivity index (χ3v) is 9.40. The number of rotatable bonds is 33. The lowest BCUT2D eigenvalue weighted by atomic mass is 9.88. The Balaban J connectivity index is 2.01. The average molecular weight is 593 g/mol. The average Bonchev–Trinajstić information content (AvgIpc) is 3.03. The van der Waals surface area contributed by atoms with Crippen LogP contribution in [-0.4, -0.2) is 0 Å². The van der Waals surface area contributed by atoms with E-state index in [0.29, 0.717) is 0 Å². The molecule has 0 aliphatic carbocycles. The summed E-state index contributed by atoms with van der Waals surface area (Å²) in [5, 5.41) is 0. The van der Waals surface area contributed by atoms with E-state index in [9.17, 15) is 0 Å². The van der Waals surface area contributed by atoms with Crippen LogP contribution in [0.25, 0.3) is 0 Å². The summed E-state index contributed by atoms with van der Waals surface area (Å²) in [7, 11) is 0. The van der Waals surface area contributed by atoms with E-state index in [2.05, 4.69) is 68.5 Å². The Morgan fingerprint density at radius 1 is 0.372 bits per heavy atom. The maximum atomic E-state index is 2.45. The molecule has 0 unspecified atom stereocenters. The molecule has 0 nitrogen and oxygen atoms in total. The highest BCUT2D eigenvalue weighted by Gasteiger charge is 2.11. The Kier molecular flexibility index (Phi) is 31.0. The maximum absolute atomic E-state index is 2.45. The highest BCUT2D eigenvalue weighted by atomic mass is 14.2. The normalized spacial score (nSPS) is 12.6. The molecule has 248 valence electrons. The van der Waals surface area contributed by atoms with E-state index in [1.165, 1.54) is 193 Å². The van der Waals surface area contributed by atoms with Gasteiger partial charge < -0.3 is 0 Å². The van der Waals surface area contributed by atoms with Gasteiger partial charge in [-0.1, -0.05) is 197 Å². The van der Waals surface area contributed by atoms with Gasteiger partial charge >= 0.3 is 0 Å². The Morgan fingerprint density at radius 3 is 1.02 bits per heavy atom. The molecule has 0 amide bonds. The first kappa shape index (κ1) is 39.7. The summed E-state index contributed by atoms with van der Waals surface area (Å²) in [6.07, 6.45) is 51.6. The molecular weight excluding hydrogens is 516 g/mol. The van der Waals surface area contributed by atoms with E-state index in [1.54, 1.807) is 5.56 Å². The summed E-state index contributed by atoms with van der Waals surface area (Å²) in [6.45, 7) is 4.60. The molecule has 0 heterocycles. The molecule has 1 aromatic rings. The van der Waals surface area contributed by atoms with E-state index < -0.39 is 0 Å². The van der Waals surface area contributed by atoms with E-state index >= 15 is 0 Å². The maximum Gasteiger partial charge on any atom is -0.0162 e. The molecule has 0 fully saturated rings. The van der Waals surface area contributed by atoms with E-state index in [4.69, 9.17) is 0 Å². The van der Waals surface area contributed by atoms with Crippen LogP contribution >= 0.6 is 0 Å². The Labute approximate surface area is 272 Å². The van der Waals surface area contributed by atoms with Crippen molar-refractivity contribution in [2.75, 3.05) is 0 Å². The van der Waals surface area contributed by atoms with Crippen molar-refractivity contribution in [2.45, 2.75) is 212 Å². The summed E-state index contributed by atoms with van der Waals surface area (Å²) in [5.74, 6) is 0.773. The highest BCUT2D eigenvalue weighted by molar-refractivity contribution is 5.19. The van der Waals surface area contributed by atoms with Crippen molar-refractivity contribution < 1.29 is 0 Å². The molecule has 0 heteroatoms. The molecule has 0 aliphatic heterocycles. The molecule has 0 saturated heterocycles. The van der Waals surface area contributed by atoms with Crippen molar-refractivity contribution in [3.8, 4) is 0 Å². The smallest absolute Gasteiger partial charge is 0.0162 e. The van der Waals surface area contributed by atoms with Gasteiger partial charge in [0.15, 0.2) is 0 Å². The quantitative estimate of drug-likeness (QED) is 0.0562. The largest absolute Gasteiger partial charge is 0.0885 e. The van der Waals surface area contributed by atoms with Crippen LogP contribution in [0.1, 0.15) is 218 Å². The highest BCUT2D eigenvalue weighted by Crippen LogP contribution is 2.28. The summed E-state index contributed by atoms with van der Waals surface area (Å²) >= 11 is 0. The van der Waals surface area contributed by atoms with Crippen molar-refractivity contribution >= 4 is 0 Å². The van der Waals surface area contributed by atoms with Gasteiger partial charge in [0.05, 0.1) is 0 Å². The zero-order chi connectivity index (χ0) is 30.7. The van der Waals surface area contributed by atoms with Gasteiger partial charge in [0.1, 0.15) is 0 Å². The van der Waals surface area contributed by atoms with Gasteiger partial charge in [-0.25, -0.2) is 0 Å². The Morgan fingerprint density at radius 2 is 0.674 bits per heavy atom. The third-order valence-electron chi connectivity index (χ3n) is 9.40. The first-order chi connectivity index (χ1) is 21.4. The fourth-order valence-electron chi connectivity index (χ4n) is 6.48. The molecule has 0 saturated carbocycles. The van der Waals surface area contributed by atoms with Crippen LogP contribution in [0.5, 0.6) is 0 Å². The molecule has 43 heavy (non-hydrogen) atoms. The van der Waals surface area contributed by atoms with Gasteiger partial charge in [-0.05, 0) is 75.7 Å². The van der Waals surface area contributed by atoms with Gasteiger partial charge in [-0.3, -0.25) is 0 Å². The molecule has 0 spiro atoms. The number of hydrogen-bond acceptors (Lipinski definition) is 0. The molecule has 1 aromatic carbocycles. The fraction of sp³-hybridized carbons (Fsp3) is 0.767. The van der Waals surface area contributed by atoms with Crippen molar-refractivity contribution in [1.29, 1.82) is 0 Å². The molecule has 1 rings (SSSR count). The van der Waals surface area contributed by atoms with E-state index in [1.807, 2.05) is 0 Å². The number of benzene rings is 1. The summed E-state index contributed by atoms with van der Waals surface area (Å²) in [4.78, 5) is 0. The van der Waals surface area contributed by atoms with Crippen LogP contribution in [0.4, 0.5) is 0 Å². The van der Waals surface area contributed by atoms with Crippen molar-refractivity contribution in [1.82, 2.24) is 0 Å². The molecule has 0 radical (unpaired) electrons. The summed E-state index contributed by atoms with van der Waals surface area (Å²) in [6, 6.07) is 11.4. The third kappa shape index (κ3) is 28.0. The minimum Gasteiger partial charge on any atom is -0.0885 e. The predicted molar refractivity (Wildman–Crippen MR) is 197 cm³/mol. The lowest BCUT2D eigenvalue weighted by Gasteiger charge is -2.17. The first-order valence-electron chi connectivity index (χ1n) is 19.7. The van der Waals surface area contributed by atoms with Crippen LogP contribution in [0.3, 0.4) is 0 Å². The monoisotopic (exact) mass is 593 g/mol. The van der Waals surface area contributed by atoms with Gasteiger partial charge in [0.2, 0.25) is 0 Å². The van der Waals surface area contributed by atoms with Gasteiger partial charge in [0, 0.05) is 0 Å². The van der Waals surface area contributed by atoms with Gasteiger partial charge in [-0.2, -0.15) is 0 Å². The van der Waals surface area contributed by atoms with Crippen LogP contribution < -0.4 is 0 Å². The number of unbranched alkanes of at least 4 members (excludes halogenated alkanes) is 24. The Hall–Kier alpha value is -1.30. The van der Waals surface area contributed by atoms with Crippen LogP contribution in [0, 0.1) is 0 Å². The second-order valence-electron chi connectivity index (χ2n) is 13.6. The molecule has 0 bridgehead atoms. The molecular formula is C43H76. The SMILES string of the molecule is CCCCCCCCC=CCCCCCCCCC(CCCCCCCCC=CCCCCCCCC)c1ccccc1. The lowest BCUT2D eigenvalue weighted by molar-refractivity contribution is 0.485. The Bertz CT molecular complexity index is 656. The lowest BCUT2D eigenvalue weighted by Crippen LogP contribution is -1.99. The van der Waals surface area contributed by atoms with Gasteiger partial charge in [0.25, 0.3) is 0 Å². The fourth-order valence-corrected chi connectivity index (χ4v) is 6.48. The van der Waals surface area contributed by atoms with Crippen molar-refractivity contribution in [3.63, 3.8) is 0 Å². The van der Waals surface area contributed by atoms with E-state index in [0.717, 1.165) is 5.92 Å². The standard InChI is InChI=1S/C43H76/c1-3-5-7-9-11-13-15-17-19-21-23-25-27-29-31-34-38-42(43-40-36-33-37-41-43)39-35-32-30-28-26-24-22-20-18-16-14-12-10-8-6-4-2/h17-20,33,36-37,40-42H,3-16,21-32,34-35,38-39H2,1-2H3. The van der Waals surface area contributed by atoms with E-state index in [-0.39, 0.29) is 0 Å². The summed E-state index contributed by atoms with van der Waals surface area (Å²) in [5.41, 5.74) is 1.59.